The molecule has 3 heteroatoms. The maximum absolute atomic E-state index is 11.2. The molecule has 1 aliphatic rings. The highest BCUT2D eigenvalue weighted by Gasteiger charge is 2.27. The highest BCUT2D eigenvalue weighted by molar-refractivity contribution is 5.79. The van der Waals surface area contributed by atoms with Crippen molar-refractivity contribution in [3.8, 4) is 0 Å². The van der Waals surface area contributed by atoms with E-state index in [1.807, 2.05) is 13.0 Å². The number of nitrogens with one attached hydrogen (secondary N) is 1. The third-order valence-corrected chi connectivity index (χ3v) is 5.96. The van der Waals surface area contributed by atoms with Crippen LogP contribution in [-0.4, -0.2) is 32.5 Å². The molecule has 1 atom stereocenters. The van der Waals surface area contributed by atoms with Crippen LogP contribution in [-0.2, 0) is 0 Å². The molecule has 1 fully saturated rings. The second-order valence-electron chi connectivity index (χ2n) is 7.84. The quantitative estimate of drug-likeness (QED) is 0.856. The summed E-state index contributed by atoms with van der Waals surface area (Å²) in [6, 6.07) is 11.6. The second kappa shape index (κ2) is 7.63. The van der Waals surface area contributed by atoms with Gasteiger partial charge in [-0.2, -0.15) is 0 Å². The summed E-state index contributed by atoms with van der Waals surface area (Å²) in [6.07, 6.45) is 0.958. The van der Waals surface area contributed by atoms with Crippen molar-refractivity contribution >= 4 is 12.0 Å². The summed E-state index contributed by atoms with van der Waals surface area (Å²) in [6.45, 7) is 15.3. The van der Waals surface area contributed by atoms with Gasteiger partial charge in [0.05, 0.1) is 26.2 Å². The number of carbonyl (C=O) groups is 1. The summed E-state index contributed by atoms with van der Waals surface area (Å²) in [7, 11) is 0. The van der Waals surface area contributed by atoms with E-state index in [9.17, 15) is 4.79 Å². The zero-order chi connectivity index (χ0) is 18.8. The Labute approximate surface area is 157 Å². The van der Waals surface area contributed by atoms with Crippen molar-refractivity contribution in [2.45, 2.75) is 40.7 Å². The van der Waals surface area contributed by atoms with Crippen LogP contribution in [0.1, 0.15) is 51.1 Å². The van der Waals surface area contributed by atoms with Gasteiger partial charge in [0.1, 0.15) is 12.3 Å². The molecular weight excluding hydrogens is 320 g/mol. The van der Waals surface area contributed by atoms with Gasteiger partial charge < -0.3 is 9.80 Å². The van der Waals surface area contributed by atoms with E-state index in [4.69, 9.17) is 0 Å². The number of quaternary nitrogens is 1. The summed E-state index contributed by atoms with van der Waals surface area (Å²) < 4.78 is 0. The number of anilines is 1. The van der Waals surface area contributed by atoms with E-state index < -0.39 is 0 Å². The smallest absolute Gasteiger partial charge is 0.150 e. The number of aryl methyl sites for hydroxylation is 4. The van der Waals surface area contributed by atoms with Crippen molar-refractivity contribution in [1.29, 1.82) is 0 Å². The van der Waals surface area contributed by atoms with Crippen molar-refractivity contribution in [2.24, 2.45) is 0 Å². The average Bonchev–Trinajstić information content (AvgIpc) is 2.63. The molecule has 0 bridgehead atoms. The molecule has 26 heavy (non-hydrogen) atoms. The minimum Gasteiger partial charge on any atom is -0.360 e. The fourth-order valence-corrected chi connectivity index (χ4v) is 4.29. The first-order chi connectivity index (χ1) is 12.4. The van der Waals surface area contributed by atoms with Crippen LogP contribution in [0.25, 0.3) is 0 Å². The number of aldehydes is 1. The zero-order valence-electron chi connectivity index (χ0n) is 16.7. The Morgan fingerprint density at radius 3 is 2.27 bits per heavy atom. The minimum atomic E-state index is 0.526. The van der Waals surface area contributed by atoms with Crippen molar-refractivity contribution in [2.75, 3.05) is 31.1 Å². The number of rotatable bonds is 4. The number of carbonyl (C=O) groups excluding carboxylic acids is 1. The van der Waals surface area contributed by atoms with E-state index in [0.717, 1.165) is 43.6 Å². The maximum atomic E-state index is 11.2. The number of nitrogens with zero attached hydrogens (tertiary/aromatic N) is 1. The number of hydrogen-bond donors (Lipinski definition) is 1. The van der Waals surface area contributed by atoms with Gasteiger partial charge in [-0.25, -0.2) is 0 Å². The maximum Gasteiger partial charge on any atom is 0.150 e. The fourth-order valence-electron chi connectivity index (χ4n) is 4.29. The van der Waals surface area contributed by atoms with Gasteiger partial charge in [0.2, 0.25) is 0 Å². The SMILES string of the molecule is Cc1ccc([C@H](C)[NH+]2CCN(c3cc(C)c(C=O)cc3C)CC2)c(C)c1. The molecule has 1 heterocycles. The van der Waals surface area contributed by atoms with E-state index >= 15 is 0 Å². The summed E-state index contributed by atoms with van der Waals surface area (Å²) >= 11 is 0. The van der Waals surface area contributed by atoms with E-state index in [1.54, 1.807) is 4.90 Å². The lowest BCUT2D eigenvalue weighted by Crippen LogP contribution is -3.14. The Bertz CT molecular complexity index is 804. The van der Waals surface area contributed by atoms with Gasteiger partial charge in [-0.05, 0) is 63.4 Å². The normalized spacial score (nSPS) is 16.6. The van der Waals surface area contributed by atoms with Crippen molar-refractivity contribution in [3.63, 3.8) is 0 Å². The predicted octanol–water partition coefficient (Wildman–Crippen LogP) is 3.20. The Hall–Kier alpha value is -2.13. The molecule has 0 radical (unpaired) electrons. The molecule has 1 aliphatic heterocycles. The molecule has 0 aromatic heterocycles. The zero-order valence-corrected chi connectivity index (χ0v) is 16.7. The first kappa shape index (κ1) is 18.7. The highest BCUT2D eigenvalue weighted by atomic mass is 16.1. The standard InChI is InChI=1S/C23H30N2O/c1-16-6-7-22(18(3)12-16)20(5)24-8-10-25(11-9-24)23-14-17(2)21(15-26)13-19(23)4/h6-7,12-15,20H,8-11H2,1-5H3/p+1/t20-/m0/s1. The largest absolute Gasteiger partial charge is 0.360 e. The van der Waals surface area contributed by atoms with Crippen molar-refractivity contribution in [3.05, 3.63) is 63.7 Å². The van der Waals surface area contributed by atoms with Crippen LogP contribution in [0.15, 0.2) is 30.3 Å². The molecule has 2 aromatic carbocycles. The molecular formula is C23H31N2O+. The lowest BCUT2D eigenvalue weighted by Gasteiger charge is -2.37. The predicted molar refractivity (Wildman–Crippen MR) is 109 cm³/mol. The van der Waals surface area contributed by atoms with Crippen LogP contribution in [0.3, 0.4) is 0 Å². The Morgan fingerprint density at radius 1 is 0.962 bits per heavy atom. The van der Waals surface area contributed by atoms with Crippen molar-refractivity contribution < 1.29 is 9.69 Å². The van der Waals surface area contributed by atoms with E-state index in [-0.39, 0.29) is 0 Å². The molecule has 2 aromatic rings. The van der Waals surface area contributed by atoms with Gasteiger partial charge in [-0.15, -0.1) is 0 Å². The summed E-state index contributed by atoms with van der Waals surface area (Å²) in [5.74, 6) is 0. The molecule has 3 nitrogen and oxygen atoms in total. The van der Waals surface area contributed by atoms with Gasteiger partial charge in [0.15, 0.2) is 0 Å². The van der Waals surface area contributed by atoms with Gasteiger partial charge >= 0.3 is 0 Å². The van der Waals surface area contributed by atoms with Gasteiger partial charge in [0.25, 0.3) is 0 Å². The van der Waals surface area contributed by atoms with E-state index in [0.29, 0.717) is 6.04 Å². The van der Waals surface area contributed by atoms with Gasteiger partial charge in [0, 0.05) is 16.8 Å². The van der Waals surface area contributed by atoms with Crippen LogP contribution >= 0.6 is 0 Å². The second-order valence-corrected chi connectivity index (χ2v) is 7.84. The fraction of sp³-hybridized carbons (Fsp3) is 0.435. The third-order valence-electron chi connectivity index (χ3n) is 5.96. The molecule has 1 N–H and O–H groups in total. The Balaban J connectivity index is 1.71. The van der Waals surface area contributed by atoms with Gasteiger partial charge in [-0.3, -0.25) is 4.79 Å². The molecule has 0 aliphatic carbocycles. The summed E-state index contributed by atoms with van der Waals surface area (Å²) in [5, 5.41) is 0. The molecule has 138 valence electrons. The lowest BCUT2D eigenvalue weighted by atomic mass is 9.98. The van der Waals surface area contributed by atoms with Crippen LogP contribution in [0.5, 0.6) is 0 Å². The highest BCUT2D eigenvalue weighted by Crippen LogP contribution is 2.24. The number of benzene rings is 2. The van der Waals surface area contributed by atoms with Crippen molar-refractivity contribution in [1.82, 2.24) is 0 Å². The van der Waals surface area contributed by atoms with Crippen LogP contribution < -0.4 is 9.80 Å². The lowest BCUT2D eigenvalue weighted by molar-refractivity contribution is -0.930. The molecule has 0 spiro atoms. The van der Waals surface area contributed by atoms with Crippen LogP contribution in [0.2, 0.25) is 0 Å². The first-order valence-corrected chi connectivity index (χ1v) is 9.63. The number of hydrogen-bond acceptors (Lipinski definition) is 2. The molecule has 3 rings (SSSR count). The molecule has 0 unspecified atom stereocenters. The monoisotopic (exact) mass is 351 g/mol. The van der Waals surface area contributed by atoms with Crippen LogP contribution in [0.4, 0.5) is 5.69 Å². The average molecular weight is 352 g/mol. The number of piperazine rings is 1. The first-order valence-electron chi connectivity index (χ1n) is 9.63. The van der Waals surface area contributed by atoms with E-state index in [2.05, 4.69) is 56.9 Å². The topological polar surface area (TPSA) is 24.8 Å². The molecule has 1 saturated heterocycles. The van der Waals surface area contributed by atoms with Gasteiger partial charge in [-0.1, -0.05) is 23.8 Å². The Kier molecular flexibility index (Phi) is 5.47. The third kappa shape index (κ3) is 3.68. The summed E-state index contributed by atoms with van der Waals surface area (Å²) in [5.41, 5.74) is 8.57. The van der Waals surface area contributed by atoms with Crippen LogP contribution in [0, 0.1) is 27.7 Å². The summed E-state index contributed by atoms with van der Waals surface area (Å²) in [4.78, 5) is 15.3. The Morgan fingerprint density at radius 2 is 1.65 bits per heavy atom. The molecule has 0 amide bonds. The molecule has 0 saturated carbocycles. The van der Waals surface area contributed by atoms with E-state index in [1.165, 1.54) is 27.9 Å². The minimum absolute atomic E-state index is 0.526.